The van der Waals surface area contributed by atoms with E-state index >= 15 is 0 Å². The van der Waals surface area contributed by atoms with E-state index in [-0.39, 0.29) is 11.8 Å². The van der Waals surface area contributed by atoms with Crippen LogP contribution >= 0.6 is 34.7 Å². The molecule has 0 radical (unpaired) electrons. The van der Waals surface area contributed by atoms with Gasteiger partial charge in [0.05, 0.1) is 12.7 Å². The molecule has 6 nitrogen and oxygen atoms in total. The average Bonchev–Trinajstić information content (AvgIpc) is 3.31. The quantitative estimate of drug-likeness (QED) is 0.153. The van der Waals surface area contributed by atoms with Crippen LogP contribution in [0, 0.1) is 0 Å². The summed E-state index contributed by atoms with van der Waals surface area (Å²) >= 11 is 8.91. The predicted octanol–water partition coefficient (Wildman–Crippen LogP) is 8.57. The number of methoxy groups -OCH3 is 1. The monoisotopic (exact) mass is 618 g/mol. The molecule has 1 aliphatic carbocycles. The highest BCUT2D eigenvalue weighted by Gasteiger charge is 2.29. The van der Waals surface area contributed by atoms with Gasteiger partial charge in [-0.3, -0.25) is 9.59 Å². The van der Waals surface area contributed by atoms with Gasteiger partial charge in [0.15, 0.2) is 0 Å². The number of carbonyl (C=O) groups is 3. The first-order chi connectivity index (χ1) is 20.4. The number of nitrogens with one attached hydrogen (secondary N) is 2. The number of amides is 2. The molecule has 1 unspecified atom stereocenters. The van der Waals surface area contributed by atoms with Gasteiger partial charge in [-0.15, -0.1) is 23.1 Å². The van der Waals surface area contributed by atoms with Crippen LogP contribution in [0.25, 0.3) is 0 Å². The lowest BCUT2D eigenvalue weighted by molar-refractivity contribution is -0.115. The molecule has 4 aromatic rings. The maximum absolute atomic E-state index is 13.9. The third-order valence-corrected chi connectivity index (χ3v) is 9.76. The molecule has 2 N–H and O–H groups in total. The summed E-state index contributed by atoms with van der Waals surface area (Å²) in [6, 6.07) is 23.7. The molecule has 0 spiro atoms. The molecule has 2 amide bonds. The number of hydrogen-bond acceptors (Lipinski definition) is 6. The number of benzene rings is 3. The van der Waals surface area contributed by atoms with Crippen LogP contribution in [0.5, 0.6) is 0 Å². The van der Waals surface area contributed by atoms with Crippen molar-refractivity contribution < 1.29 is 19.1 Å². The number of ether oxygens (including phenoxy) is 1. The van der Waals surface area contributed by atoms with Crippen molar-refractivity contribution in [3.05, 3.63) is 111 Å². The second-order valence-corrected chi connectivity index (χ2v) is 12.7. The summed E-state index contributed by atoms with van der Waals surface area (Å²) in [6.07, 6.45) is 6.06. The molecule has 9 heteroatoms. The van der Waals surface area contributed by atoms with Gasteiger partial charge in [-0.1, -0.05) is 66.9 Å². The smallest absolute Gasteiger partial charge is 0.341 e. The van der Waals surface area contributed by atoms with Crippen molar-refractivity contribution in [1.29, 1.82) is 0 Å². The topological polar surface area (TPSA) is 84.5 Å². The zero-order valence-electron chi connectivity index (χ0n) is 23.2. The van der Waals surface area contributed by atoms with E-state index in [2.05, 4.69) is 10.6 Å². The van der Waals surface area contributed by atoms with Crippen molar-refractivity contribution in [3.63, 3.8) is 0 Å². The summed E-state index contributed by atoms with van der Waals surface area (Å²) in [5.41, 5.74) is 3.36. The Hall–Kier alpha value is -3.59. The first-order valence-corrected chi connectivity index (χ1v) is 15.9. The first-order valence-electron chi connectivity index (χ1n) is 13.8. The summed E-state index contributed by atoms with van der Waals surface area (Å²) in [6.45, 7) is 0. The van der Waals surface area contributed by atoms with Gasteiger partial charge in [-0.2, -0.15) is 0 Å². The lowest BCUT2D eigenvalue weighted by Crippen LogP contribution is -2.20. The molecule has 1 aliphatic rings. The third kappa shape index (κ3) is 7.24. The minimum atomic E-state index is -0.611. The minimum Gasteiger partial charge on any atom is -0.465 e. The second-order valence-electron chi connectivity index (χ2n) is 10.0. The minimum absolute atomic E-state index is 0.237. The van der Waals surface area contributed by atoms with Gasteiger partial charge in [0.2, 0.25) is 5.91 Å². The van der Waals surface area contributed by atoms with Crippen LogP contribution in [-0.2, 0) is 22.4 Å². The number of fused-ring (bicyclic) bond motifs is 1. The van der Waals surface area contributed by atoms with Gasteiger partial charge in [0.25, 0.3) is 5.91 Å². The number of esters is 1. The van der Waals surface area contributed by atoms with Crippen LogP contribution in [0.15, 0.2) is 83.8 Å². The molecule has 0 fully saturated rings. The van der Waals surface area contributed by atoms with Crippen molar-refractivity contribution in [2.24, 2.45) is 0 Å². The van der Waals surface area contributed by atoms with Crippen LogP contribution in [0.4, 0.5) is 10.7 Å². The molecule has 0 bridgehead atoms. The Kier molecular flexibility index (Phi) is 10.00. The van der Waals surface area contributed by atoms with Crippen molar-refractivity contribution >= 4 is 63.2 Å². The molecule has 1 heterocycles. The molecular formula is C33H31ClN2O4S2. The number of thioether (sulfide) groups is 1. The Labute approximate surface area is 258 Å². The molecule has 0 aliphatic heterocycles. The normalized spacial score (nSPS) is 13.7. The Morgan fingerprint density at radius 3 is 2.40 bits per heavy atom. The van der Waals surface area contributed by atoms with E-state index in [0.717, 1.165) is 59.4 Å². The molecule has 5 rings (SSSR count). The van der Waals surface area contributed by atoms with Crippen LogP contribution < -0.4 is 10.6 Å². The highest BCUT2D eigenvalue weighted by Crippen LogP contribution is 2.41. The van der Waals surface area contributed by atoms with E-state index in [4.69, 9.17) is 16.3 Å². The fourth-order valence-corrected chi connectivity index (χ4v) is 7.57. The number of carbonyl (C=O) groups excluding carboxylic acids is 3. The molecule has 0 saturated heterocycles. The maximum atomic E-state index is 13.9. The molecule has 1 aromatic heterocycles. The molecule has 1 atom stereocenters. The van der Waals surface area contributed by atoms with E-state index in [1.807, 2.05) is 48.5 Å². The lowest BCUT2D eigenvalue weighted by atomic mass is 9.96. The van der Waals surface area contributed by atoms with Gasteiger partial charge in [-0.25, -0.2) is 4.79 Å². The first kappa shape index (κ1) is 29.9. The summed E-state index contributed by atoms with van der Waals surface area (Å²) in [4.78, 5) is 41.6. The summed E-state index contributed by atoms with van der Waals surface area (Å²) in [7, 11) is 1.38. The number of thiophene rings is 1. The number of rotatable bonds is 8. The van der Waals surface area contributed by atoms with Gasteiger partial charge in [0.1, 0.15) is 10.3 Å². The average molecular weight is 619 g/mol. The van der Waals surface area contributed by atoms with Gasteiger partial charge >= 0.3 is 5.97 Å². The third-order valence-electron chi connectivity index (χ3n) is 7.07. The molecule has 3 aromatic carbocycles. The van der Waals surface area contributed by atoms with E-state index in [0.29, 0.717) is 26.8 Å². The van der Waals surface area contributed by atoms with E-state index in [1.165, 1.54) is 30.2 Å². The fourth-order valence-electron chi connectivity index (χ4n) is 5.02. The SMILES string of the molecule is COC(=O)c1c(NC(=O)C(Sc2cccc(NC(=O)c3cccc(Cl)c3)c2)c2ccccc2)sc2c1CCCCCC2. The Bertz CT molecular complexity index is 1590. The largest absolute Gasteiger partial charge is 0.465 e. The van der Waals surface area contributed by atoms with Crippen molar-refractivity contribution in [3.8, 4) is 0 Å². The fraction of sp³-hybridized carbons (Fsp3) is 0.242. The van der Waals surface area contributed by atoms with E-state index < -0.39 is 11.2 Å². The molecule has 0 saturated carbocycles. The Morgan fingerprint density at radius 1 is 0.881 bits per heavy atom. The Morgan fingerprint density at radius 2 is 1.64 bits per heavy atom. The maximum Gasteiger partial charge on any atom is 0.341 e. The van der Waals surface area contributed by atoms with E-state index in [1.54, 1.807) is 30.3 Å². The van der Waals surface area contributed by atoms with Crippen molar-refractivity contribution in [2.45, 2.75) is 48.7 Å². The van der Waals surface area contributed by atoms with Gasteiger partial charge in [-0.05, 0) is 73.2 Å². The van der Waals surface area contributed by atoms with Crippen molar-refractivity contribution in [2.75, 3.05) is 17.7 Å². The zero-order valence-corrected chi connectivity index (χ0v) is 25.5. The summed E-state index contributed by atoms with van der Waals surface area (Å²) in [5, 5.41) is 6.42. The second kappa shape index (κ2) is 14.1. The standard InChI is InChI=1S/C33H31ClN2O4S2/c1-40-33(39)28-26-17-7-2-3-8-18-27(26)42-32(28)36-31(38)29(21-11-5-4-6-12-21)41-25-16-10-15-24(20-25)35-30(37)22-13-9-14-23(34)19-22/h4-6,9-16,19-20,29H,2-3,7-8,17-18H2,1H3,(H,35,37)(H,36,38). The van der Waals surface area contributed by atoms with Crippen LogP contribution in [0.1, 0.15) is 67.7 Å². The van der Waals surface area contributed by atoms with Crippen LogP contribution in [-0.4, -0.2) is 24.9 Å². The van der Waals surface area contributed by atoms with Crippen molar-refractivity contribution in [1.82, 2.24) is 0 Å². The zero-order chi connectivity index (χ0) is 29.5. The number of halogens is 1. The van der Waals surface area contributed by atoms with Gasteiger partial charge < -0.3 is 15.4 Å². The number of aryl methyl sites for hydroxylation is 1. The molecule has 216 valence electrons. The molecule has 42 heavy (non-hydrogen) atoms. The molecular weight excluding hydrogens is 588 g/mol. The number of hydrogen-bond donors (Lipinski definition) is 2. The highest BCUT2D eigenvalue weighted by atomic mass is 35.5. The van der Waals surface area contributed by atoms with E-state index in [9.17, 15) is 14.4 Å². The Balaban J connectivity index is 1.41. The van der Waals surface area contributed by atoms with Crippen LogP contribution in [0.3, 0.4) is 0 Å². The highest BCUT2D eigenvalue weighted by molar-refractivity contribution is 8.00. The van der Waals surface area contributed by atoms with Crippen LogP contribution in [0.2, 0.25) is 5.02 Å². The predicted molar refractivity (Wildman–Crippen MR) is 171 cm³/mol. The number of anilines is 2. The van der Waals surface area contributed by atoms with Gasteiger partial charge in [0, 0.05) is 26.0 Å². The summed E-state index contributed by atoms with van der Waals surface area (Å²) < 4.78 is 5.15. The lowest BCUT2D eigenvalue weighted by Gasteiger charge is -2.18. The summed E-state index contributed by atoms with van der Waals surface area (Å²) in [5.74, 6) is -0.935.